The van der Waals surface area contributed by atoms with Gasteiger partial charge in [0.05, 0.1) is 0 Å². The molecule has 3 aliphatic rings. The van der Waals surface area contributed by atoms with Gasteiger partial charge in [0, 0.05) is 36.6 Å². The fourth-order valence-electron chi connectivity index (χ4n) is 3.74. The van der Waals surface area contributed by atoms with Crippen LogP contribution in [0, 0.1) is 5.92 Å². The third-order valence-electron chi connectivity index (χ3n) is 4.89. The normalized spacial score (nSPS) is 33.3. The summed E-state index contributed by atoms with van der Waals surface area (Å²) in [4.78, 5) is 4.43. The van der Waals surface area contributed by atoms with E-state index in [0.717, 1.165) is 18.0 Å². The van der Waals surface area contributed by atoms with Gasteiger partial charge in [-0.2, -0.15) is 0 Å². The van der Waals surface area contributed by atoms with Crippen molar-refractivity contribution in [1.82, 2.24) is 10.2 Å². The minimum Gasteiger partial charge on any atom is -0.311 e. The van der Waals surface area contributed by atoms with Gasteiger partial charge < -0.3 is 5.32 Å². The molecule has 0 radical (unpaired) electrons. The number of nitrogens with zero attached hydrogens (tertiary/aromatic N) is 1. The lowest BCUT2D eigenvalue weighted by atomic mass is 9.91. The summed E-state index contributed by atoms with van der Waals surface area (Å²) in [6.07, 6.45) is 7.00. The summed E-state index contributed by atoms with van der Waals surface area (Å²) in [6, 6.07) is 3.89. The van der Waals surface area contributed by atoms with Crippen LogP contribution < -0.4 is 5.32 Å². The largest absolute Gasteiger partial charge is 0.311 e. The van der Waals surface area contributed by atoms with Crippen LogP contribution in [-0.4, -0.2) is 30.6 Å². The average molecular weight is 262 g/mol. The molecule has 2 fully saturated rings. The molecule has 3 heteroatoms. The lowest BCUT2D eigenvalue weighted by Crippen LogP contribution is -2.52. The lowest BCUT2D eigenvalue weighted by molar-refractivity contribution is 0.124. The van der Waals surface area contributed by atoms with Gasteiger partial charge >= 0.3 is 0 Å². The van der Waals surface area contributed by atoms with Crippen molar-refractivity contribution >= 4 is 11.3 Å². The van der Waals surface area contributed by atoms with Crippen molar-refractivity contribution < 1.29 is 0 Å². The predicted octanol–water partition coefficient (Wildman–Crippen LogP) is 2.81. The smallest absolute Gasteiger partial charge is 0.0360 e. The van der Waals surface area contributed by atoms with E-state index in [4.69, 9.17) is 0 Å². The Labute approximate surface area is 113 Å². The maximum atomic E-state index is 3.73. The van der Waals surface area contributed by atoms with Crippen LogP contribution in [0.1, 0.15) is 42.2 Å². The zero-order valence-electron chi connectivity index (χ0n) is 10.9. The van der Waals surface area contributed by atoms with Crippen molar-refractivity contribution in [1.29, 1.82) is 0 Å². The van der Waals surface area contributed by atoms with Crippen molar-refractivity contribution in [3.8, 4) is 0 Å². The van der Waals surface area contributed by atoms with E-state index in [1.807, 2.05) is 11.3 Å². The van der Waals surface area contributed by atoms with Crippen LogP contribution in [0.4, 0.5) is 0 Å². The van der Waals surface area contributed by atoms with Gasteiger partial charge in [0.25, 0.3) is 0 Å². The van der Waals surface area contributed by atoms with Gasteiger partial charge in [0.2, 0.25) is 0 Å². The molecular formula is C15H22N2S. The number of nitrogens with one attached hydrogen (secondary N) is 1. The predicted molar refractivity (Wildman–Crippen MR) is 76.1 cm³/mol. The van der Waals surface area contributed by atoms with E-state index < -0.39 is 0 Å². The van der Waals surface area contributed by atoms with Crippen molar-refractivity contribution in [3.63, 3.8) is 0 Å². The number of fused-ring (bicyclic) bond motifs is 1. The Morgan fingerprint density at radius 1 is 1.28 bits per heavy atom. The molecule has 0 spiro atoms. The molecule has 1 aromatic rings. The molecule has 2 unspecified atom stereocenters. The molecule has 1 saturated heterocycles. The molecule has 2 nitrogen and oxygen atoms in total. The van der Waals surface area contributed by atoms with Gasteiger partial charge in [-0.05, 0) is 55.0 Å². The first-order valence-corrected chi connectivity index (χ1v) is 8.33. The fraction of sp³-hybridized carbons (Fsp3) is 0.733. The Hall–Kier alpha value is -0.380. The van der Waals surface area contributed by atoms with Crippen LogP contribution in [0.3, 0.4) is 0 Å². The molecule has 2 heterocycles. The van der Waals surface area contributed by atoms with Crippen molar-refractivity contribution in [3.05, 3.63) is 21.9 Å². The summed E-state index contributed by atoms with van der Waals surface area (Å²) in [5.41, 5.74) is 1.66. The minimum absolute atomic E-state index is 0.725. The summed E-state index contributed by atoms with van der Waals surface area (Å²) in [5, 5.41) is 6.02. The monoisotopic (exact) mass is 262 g/mol. The molecular weight excluding hydrogens is 240 g/mol. The molecule has 4 rings (SSSR count). The second-order valence-corrected chi connectivity index (χ2v) is 7.10. The number of hydrogen-bond acceptors (Lipinski definition) is 3. The Balaban J connectivity index is 1.53. The molecule has 1 N–H and O–H groups in total. The number of thiophene rings is 1. The van der Waals surface area contributed by atoms with Crippen LogP contribution in [0.2, 0.25) is 0 Å². The van der Waals surface area contributed by atoms with E-state index in [-0.39, 0.29) is 0 Å². The molecule has 0 bridgehead atoms. The van der Waals surface area contributed by atoms with Gasteiger partial charge in [-0.25, -0.2) is 0 Å². The zero-order chi connectivity index (χ0) is 11.9. The minimum atomic E-state index is 0.725. The molecule has 1 aromatic heterocycles. The van der Waals surface area contributed by atoms with Crippen LogP contribution >= 0.6 is 11.3 Å². The van der Waals surface area contributed by atoms with Gasteiger partial charge in [0.1, 0.15) is 0 Å². The van der Waals surface area contributed by atoms with Crippen LogP contribution in [-0.2, 0) is 6.42 Å². The Morgan fingerprint density at radius 2 is 2.22 bits per heavy atom. The molecule has 98 valence electrons. The number of rotatable bonds is 2. The summed E-state index contributed by atoms with van der Waals surface area (Å²) in [5.74, 6) is 0.985. The van der Waals surface area contributed by atoms with Gasteiger partial charge in [-0.3, -0.25) is 4.90 Å². The maximum absolute atomic E-state index is 3.73. The van der Waals surface area contributed by atoms with E-state index in [9.17, 15) is 0 Å². The zero-order valence-corrected chi connectivity index (χ0v) is 11.7. The quantitative estimate of drug-likeness (QED) is 0.881. The molecule has 2 atom stereocenters. The highest BCUT2D eigenvalue weighted by Gasteiger charge is 2.37. The number of hydrogen-bond donors (Lipinski definition) is 1. The second-order valence-electron chi connectivity index (χ2n) is 6.10. The van der Waals surface area contributed by atoms with Crippen molar-refractivity contribution in [2.24, 2.45) is 5.92 Å². The third kappa shape index (κ3) is 2.02. The van der Waals surface area contributed by atoms with Crippen LogP contribution in [0.25, 0.3) is 0 Å². The molecule has 2 aliphatic carbocycles. The van der Waals surface area contributed by atoms with E-state index in [0.29, 0.717) is 0 Å². The Morgan fingerprint density at radius 3 is 3.11 bits per heavy atom. The van der Waals surface area contributed by atoms with Crippen molar-refractivity contribution in [2.45, 2.75) is 44.2 Å². The third-order valence-corrected chi connectivity index (χ3v) is 5.89. The van der Waals surface area contributed by atoms with Gasteiger partial charge in [0.15, 0.2) is 0 Å². The van der Waals surface area contributed by atoms with E-state index >= 15 is 0 Å². The average Bonchev–Trinajstić information content (AvgIpc) is 3.16. The first kappa shape index (κ1) is 11.4. The Kier molecular flexibility index (Phi) is 2.94. The molecule has 0 amide bonds. The van der Waals surface area contributed by atoms with E-state index in [1.165, 1.54) is 51.7 Å². The van der Waals surface area contributed by atoms with E-state index in [2.05, 4.69) is 21.7 Å². The van der Waals surface area contributed by atoms with Gasteiger partial charge in [-0.15, -0.1) is 11.3 Å². The number of aryl methyl sites for hydroxylation is 1. The fourth-order valence-corrected chi connectivity index (χ4v) is 4.72. The standard InChI is InChI=1S/C15H22N2S/c1-2-14(12-6-9-18-15(12)3-1)17-8-7-16-13(10-17)11-4-5-11/h6,9,11,13-14,16H,1-5,7-8,10H2. The molecule has 0 aromatic carbocycles. The SMILES string of the molecule is c1cc2c(s1)CCCC2N1CCNC(C2CC2)C1. The molecule has 18 heavy (non-hydrogen) atoms. The van der Waals surface area contributed by atoms with E-state index in [1.54, 1.807) is 10.4 Å². The lowest BCUT2D eigenvalue weighted by Gasteiger charge is -2.40. The summed E-state index contributed by atoms with van der Waals surface area (Å²) in [7, 11) is 0. The topological polar surface area (TPSA) is 15.3 Å². The first-order valence-electron chi connectivity index (χ1n) is 7.45. The van der Waals surface area contributed by atoms with Crippen LogP contribution in [0.5, 0.6) is 0 Å². The summed E-state index contributed by atoms with van der Waals surface area (Å²) >= 11 is 1.97. The second kappa shape index (κ2) is 4.62. The maximum Gasteiger partial charge on any atom is 0.0360 e. The number of piperazine rings is 1. The molecule has 1 aliphatic heterocycles. The van der Waals surface area contributed by atoms with Gasteiger partial charge in [-0.1, -0.05) is 0 Å². The summed E-state index contributed by atoms with van der Waals surface area (Å²) in [6.45, 7) is 3.71. The van der Waals surface area contributed by atoms with Crippen molar-refractivity contribution in [2.75, 3.05) is 19.6 Å². The first-order chi connectivity index (χ1) is 8.92. The highest BCUT2D eigenvalue weighted by atomic mass is 32.1. The van der Waals surface area contributed by atoms with Crippen LogP contribution in [0.15, 0.2) is 11.4 Å². The highest BCUT2D eigenvalue weighted by molar-refractivity contribution is 7.10. The molecule has 1 saturated carbocycles. The highest BCUT2D eigenvalue weighted by Crippen LogP contribution is 2.39. The summed E-state index contributed by atoms with van der Waals surface area (Å²) < 4.78 is 0. The Bertz CT molecular complexity index is 424.